The van der Waals surface area contributed by atoms with Gasteiger partial charge < -0.3 is 0 Å². The maximum Gasteiger partial charge on any atom is 0.264 e. The van der Waals surface area contributed by atoms with E-state index in [1.807, 2.05) is 19.1 Å². The molecule has 4 nitrogen and oxygen atoms in total. The number of aromatic nitrogens is 1. The van der Waals surface area contributed by atoms with Gasteiger partial charge in [0.25, 0.3) is 10.0 Å². The number of pyridine rings is 1. The van der Waals surface area contributed by atoms with Crippen LogP contribution in [0.5, 0.6) is 0 Å². The van der Waals surface area contributed by atoms with Gasteiger partial charge in [-0.1, -0.05) is 43.1 Å². The Balaban J connectivity index is 2.37. The lowest BCUT2D eigenvalue weighted by Gasteiger charge is -2.12. The maximum atomic E-state index is 12.3. The molecule has 20 heavy (non-hydrogen) atoms. The summed E-state index contributed by atoms with van der Waals surface area (Å²) in [7, 11) is -3.73. The Labute approximate surface area is 123 Å². The van der Waals surface area contributed by atoms with Gasteiger partial charge in [-0.25, -0.2) is 13.4 Å². The molecule has 1 aromatic heterocycles. The van der Waals surface area contributed by atoms with Gasteiger partial charge in [-0.3, -0.25) is 4.72 Å². The predicted molar refractivity (Wildman–Crippen MR) is 80.5 cm³/mol. The molecule has 2 rings (SSSR count). The molecule has 0 radical (unpaired) electrons. The molecule has 0 fully saturated rings. The third-order valence-corrected chi connectivity index (χ3v) is 4.61. The van der Waals surface area contributed by atoms with E-state index in [1.165, 1.54) is 12.3 Å². The molecule has 6 heteroatoms. The number of anilines is 1. The van der Waals surface area contributed by atoms with Crippen LogP contribution in [0, 0.1) is 0 Å². The summed E-state index contributed by atoms with van der Waals surface area (Å²) in [5.74, 6) is 0. The van der Waals surface area contributed by atoms with E-state index < -0.39 is 10.0 Å². The number of benzene rings is 1. The van der Waals surface area contributed by atoms with E-state index in [-0.39, 0.29) is 10.0 Å². The summed E-state index contributed by atoms with van der Waals surface area (Å²) in [5.41, 5.74) is 1.54. The van der Waals surface area contributed by atoms with Crippen LogP contribution in [0.4, 0.5) is 5.69 Å². The molecule has 1 N–H and O–H groups in total. The number of para-hydroxylation sites is 1. The number of hydrogen-bond donors (Lipinski definition) is 1. The highest BCUT2D eigenvalue weighted by Crippen LogP contribution is 2.24. The molecule has 0 aliphatic carbocycles. The molecule has 0 spiro atoms. The average molecular weight is 311 g/mol. The minimum atomic E-state index is -3.73. The van der Waals surface area contributed by atoms with Crippen molar-refractivity contribution < 1.29 is 8.42 Å². The fourth-order valence-electron chi connectivity index (χ4n) is 1.88. The van der Waals surface area contributed by atoms with Crippen molar-refractivity contribution in [2.75, 3.05) is 4.72 Å². The molecule has 0 atom stereocenters. The fraction of sp³-hybridized carbons (Fsp3) is 0.214. The number of rotatable bonds is 5. The van der Waals surface area contributed by atoms with Crippen molar-refractivity contribution in [3.05, 3.63) is 53.3 Å². The summed E-state index contributed by atoms with van der Waals surface area (Å²) in [4.78, 5) is 3.77. The van der Waals surface area contributed by atoms with Crippen LogP contribution < -0.4 is 4.72 Å². The van der Waals surface area contributed by atoms with Crippen molar-refractivity contribution in [3.63, 3.8) is 0 Å². The Kier molecular flexibility index (Phi) is 4.62. The van der Waals surface area contributed by atoms with E-state index in [0.717, 1.165) is 18.4 Å². The van der Waals surface area contributed by atoms with Crippen molar-refractivity contribution in [3.8, 4) is 0 Å². The molecule has 1 heterocycles. The second-order valence-corrected chi connectivity index (χ2v) is 6.31. The maximum absolute atomic E-state index is 12.3. The van der Waals surface area contributed by atoms with Crippen LogP contribution in [0.2, 0.25) is 5.15 Å². The van der Waals surface area contributed by atoms with Gasteiger partial charge in [0.1, 0.15) is 10.0 Å². The zero-order valence-corrected chi connectivity index (χ0v) is 12.6. The minimum absolute atomic E-state index is 0.0204. The van der Waals surface area contributed by atoms with Gasteiger partial charge in [-0.05, 0) is 30.2 Å². The normalized spacial score (nSPS) is 11.3. The first-order valence-corrected chi connectivity index (χ1v) is 8.12. The number of nitrogens with one attached hydrogen (secondary N) is 1. The largest absolute Gasteiger partial charge is 0.279 e. The number of nitrogens with zero attached hydrogens (tertiary/aromatic N) is 1. The van der Waals surface area contributed by atoms with E-state index in [2.05, 4.69) is 9.71 Å². The van der Waals surface area contributed by atoms with E-state index in [4.69, 9.17) is 11.6 Å². The monoisotopic (exact) mass is 310 g/mol. The number of sulfonamides is 1. The van der Waals surface area contributed by atoms with Crippen LogP contribution in [0.3, 0.4) is 0 Å². The summed E-state index contributed by atoms with van der Waals surface area (Å²) in [6.07, 6.45) is 3.19. The van der Waals surface area contributed by atoms with Crippen molar-refractivity contribution in [2.45, 2.75) is 24.7 Å². The van der Waals surface area contributed by atoms with Gasteiger partial charge in [0.15, 0.2) is 0 Å². The topological polar surface area (TPSA) is 59.1 Å². The van der Waals surface area contributed by atoms with Crippen LogP contribution in [0.25, 0.3) is 0 Å². The molecular formula is C14H15ClN2O2S. The summed E-state index contributed by atoms with van der Waals surface area (Å²) in [6.45, 7) is 2.04. The van der Waals surface area contributed by atoms with Crippen LogP contribution in [0.1, 0.15) is 18.9 Å². The summed E-state index contributed by atoms with van der Waals surface area (Å²) in [5, 5.41) is -0.0343. The molecule has 0 bridgehead atoms. The molecule has 0 saturated heterocycles. The van der Waals surface area contributed by atoms with Crippen LogP contribution in [0.15, 0.2) is 47.5 Å². The van der Waals surface area contributed by atoms with Gasteiger partial charge in [0, 0.05) is 6.20 Å². The van der Waals surface area contributed by atoms with Crippen LogP contribution in [-0.2, 0) is 16.4 Å². The molecule has 1 aromatic carbocycles. The van der Waals surface area contributed by atoms with Gasteiger partial charge in [-0.2, -0.15) is 0 Å². The van der Waals surface area contributed by atoms with E-state index in [0.29, 0.717) is 5.69 Å². The summed E-state index contributed by atoms with van der Waals surface area (Å²) in [6, 6.07) is 10.3. The van der Waals surface area contributed by atoms with Gasteiger partial charge in [0.2, 0.25) is 0 Å². The fourth-order valence-corrected chi connectivity index (χ4v) is 3.43. The molecule has 0 aliphatic rings. The van der Waals surface area contributed by atoms with Gasteiger partial charge >= 0.3 is 0 Å². The van der Waals surface area contributed by atoms with E-state index >= 15 is 0 Å². The highest BCUT2D eigenvalue weighted by atomic mass is 35.5. The van der Waals surface area contributed by atoms with E-state index in [9.17, 15) is 8.42 Å². The third kappa shape index (κ3) is 3.29. The van der Waals surface area contributed by atoms with E-state index in [1.54, 1.807) is 18.2 Å². The lowest BCUT2D eigenvalue weighted by molar-refractivity contribution is 0.601. The highest BCUT2D eigenvalue weighted by Gasteiger charge is 2.19. The smallest absolute Gasteiger partial charge is 0.264 e. The summed E-state index contributed by atoms with van der Waals surface area (Å²) >= 11 is 5.85. The zero-order valence-electron chi connectivity index (χ0n) is 11.0. The second kappa shape index (κ2) is 6.24. The lowest BCUT2D eigenvalue weighted by Crippen LogP contribution is -2.15. The Morgan fingerprint density at radius 3 is 2.65 bits per heavy atom. The SMILES string of the molecule is CCCc1ccccc1NS(=O)(=O)c1cccnc1Cl. The number of hydrogen-bond acceptors (Lipinski definition) is 3. The minimum Gasteiger partial charge on any atom is -0.279 e. The lowest BCUT2D eigenvalue weighted by atomic mass is 10.1. The quantitative estimate of drug-likeness (QED) is 0.860. The average Bonchev–Trinajstić information content (AvgIpc) is 2.41. The zero-order chi connectivity index (χ0) is 14.6. The summed E-state index contributed by atoms with van der Waals surface area (Å²) < 4.78 is 27.3. The molecule has 0 saturated carbocycles. The van der Waals surface area contributed by atoms with Gasteiger partial charge in [0.05, 0.1) is 5.69 Å². The molecule has 0 aliphatic heterocycles. The standard InChI is InChI=1S/C14H15ClN2O2S/c1-2-6-11-7-3-4-8-12(11)17-20(18,19)13-9-5-10-16-14(13)15/h3-5,7-10,17H,2,6H2,1H3. The second-order valence-electron chi connectivity index (χ2n) is 4.30. The molecule has 106 valence electrons. The van der Waals surface area contributed by atoms with Crippen LogP contribution in [-0.4, -0.2) is 13.4 Å². The number of aryl methyl sites for hydroxylation is 1. The highest BCUT2D eigenvalue weighted by molar-refractivity contribution is 7.92. The Morgan fingerprint density at radius 2 is 1.95 bits per heavy atom. The first-order valence-electron chi connectivity index (χ1n) is 6.26. The van der Waals surface area contributed by atoms with Gasteiger partial charge in [-0.15, -0.1) is 0 Å². The first-order chi connectivity index (χ1) is 9.54. The molecule has 0 unspecified atom stereocenters. The van der Waals surface area contributed by atoms with Crippen molar-refractivity contribution >= 4 is 27.3 Å². The van der Waals surface area contributed by atoms with Crippen molar-refractivity contribution in [2.24, 2.45) is 0 Å². The molecule has 2 aromatic rings. The Bertz CT molecular complexity index is 702. The van der Waals surface area contributed by atoms with Crippen LogP contribution >= 0.6 is 11.6 Å². The molecular weight excluding hydrogens is 296 g/mol. The Hall–Kier alpha value is -1.59. The van der Waals surface area contributed by atoms with Crippen molar-refractivity contribution in [1.82, 2.24) is 4.98 Å². The Morgan fingerprint density at radius 1 is 1.20 bits per heavy atom. The number of halogens is 1. The molecule has 0 amide bonds. The predicted octanol–water partition coefficient (Wildman–Crippen LogP) is 3.49. The third-order valence-electron chi connectivity index (χ3n) is 2.80. The van der Waals surface area contributed by atoms with Crippen molar-refractivity contribution in [1.29, 1.82) is 0 Å². The first kappa shape index (κ1) is 14.8.